The quantitative estimate of drug-likeness (QED) is 0.893. The van der Waals surface area contributed by atoms with Crippen LogP contribution in [0.15, 0.2) is 12.1 Å². The lowest BCUT2D eigenvalue weighted by molar-refractivity contribution is 0.171. The molecule has 1 N–H and O–H groups in total. The van der Waals surface area contributed by atoms with Gasteiger partial charge in [0.05, 0.1) is 7.11 Å². The second-order valence-electron chi connectivity index (χ2n) is 4.92. The van der Waals surface area contributed by atoms with Gasteiger partial charge in [0, 0.05) is 32.2 Å². The molecular weight excluding hydrogens is 244 g/mol. The summed E-state index contributed by atoms with van der Waals surface area (Å²) in [6.45, 7) is 6.73. The van der Waals surface area contributed by atoms with Crippen LogP contribution in [0, 0.1) is 0 Å². The van der Waals surface area contributed by atoms with Crippen molar-refractivity contribution in [2.24, 2.45) is 0 Å². The van der Waals surface area contributed by atoms with Crippen molar-refractivity contribution < 1.29 is 14.2 Å². The molecule has 19 heavy (non-hydrogen) atoms. The van der Waals surface area contributed by atoms with E-state index in [1.165, 1.54) is 5.56 Å². The molecule has 0 unspecified atom stereocenters. The van der Waals surface area contributed by atoms with Crippen LogP contribution in [0.1, 0.15) is 18.5 Å². The number of hydrogen-bond donors (Lipinski definition) is 1. The molecule has 5 nitrogen and oxygen atoms in total. The molecular formula is C14H20N2O3. The normalized spacial score (nSPS) is 20.3. The van der Waals surface area contributed by atoms with Crippen molar-refractivity contribution in [3.05, 3.63) is 17.7 Å². The highest BCUT2D eigenvalue weighted by atomic mass is 16.7. The van der Waals surface area contributed by atoms with E-state index in [-0.39, 0.29) is 6.79 Å². The maximum absolute atomic E-state index is 5.49. The molecule has 1 fully saturated rings. The van der Waals surface area contributed by atoms with Gasteiger partial charge < -0.3 is 19.5 Å². The molecule has 1 aromatic carbocycles. The lowest BCUT2D eigenvalue weighted by Crippen LogP contribution is -2.44. The molecule has 3 rings (SSSR count). The summed E-state index contributed by atoms with van der Waals surface area (Å²) in [5, 5.41) is 3.37. The SMILES string of the molecule is COc1cc([C@H](C)N2CCNCC2)cc2c1OCO2. The zero-order chi connectivity index (χ0) is 13.2. The highest BCUT2D eigenvalue weighted by Gasteiger charge is 2.24. The van der Waals surface area contributed by atoms with Crippen molar-refractivity contribution in [3.63, 3.8) is 0 Å². The van der Waals surface area contributed by atoms with E-state index in [4.69, 9.17) is 14.2 Å². The summed E-state index contributed by atoms with van der Waals surface area (Å²) in [4.78, 5) is 2.47. The molecule has 0 spiro atoms. The first-order chi connectivity index (χ1) is 9.29. The number of methoxy groups -OCH3 is 1. The first-order valence-electron chi connectivity index (χ1n) is 6.72. The maximum Gasteiger partial charge on any atom is 0.231 e. The lowest BCUT2D eigenvalue weighted by atomic mass is 10.0. The van der Waals surface area contributed by atoms with Gasteiger partial charge in [-0.2, -0.15) is 0 Å². The molecule has 1 atom stereocenters. The van der Waals surface area contributed by atoms with Gasteiger partial charge in [-0.1, -0.05) is 0 Å². The molecule has 2 aliphatic rings. The number of fused-ring (bicyclic) bond motifs is 1. The number of ether oxygens (including phenoxy) is 3. The molecule has 0 radical (unpaired) electrons. The maximum atomic E-state index is 5.49. The zero-order valence-corrected chi connectivity index (χ0v) is 11.4. The van der Waals surface area contributed by atoms with Gasteiger partial charge in [-0.15, -0.1) is 0 Å². The van der Waals surface area contributed by atoms with Crippen LogP contribution in [0.4, 0.5) is 0 Å². The number of hydrogen-bond acceptors (Lipinski definition) is 5. The van der Waals surface area contributed by atoms with Gasteiger partial charge >= 0.3 is 0 Å². The van der Waals surface area contributed by atoms with E-state index < -0.39 is 0 Å². The lowest BCUT2D eigenvalue weighted by Gasteiger charge is -2.33. The van der Waals surface area contributed by atoms with Crippen molar-refractivity contribution in [1.29, 1.82) is 0 Å². The molecule has 0 saturated carbocycles. The first kappa shape index (κ1) is 12.6. The Morgan fingerprint density at radius 1 is 1.26 bits per heavy atom. The van der Waals surface area contributed by atoms with Gasteiger partial charge in [-0.05, 0) is 24.6 Å². The van der Waals surface area contributed by atoms with E-state index in [0.717, 1.165) is 43.4 Å². The summed E-state index contributed by atoms with van der Waals surface area (Å²) in [6.07, 6.45) is 0. The van der Waals surface area contributed by atoms with Crippen LogP contribution in [-0.2, 0) is 0 Å². The average Bonchev–Trinajstić information content (AvgIpc) is 2.94. The van der Waals surface area contributed by atoms with Crippen LogP contribution in [-0.4, -0.2) is 45.0 Å². The number of piperazine rings is 1. The largest absolute Gasteiger partial charge is 0.493 e. The molecule has 2 heterocycles. The van der Waals surface area contributed by atoms with Crippen molar-refractivity contribution in [2.45, 2.75) is 13.0 Å². The van der Waals surface area contributed by atoms with E-state index in [1.807, 2.05) is 0 Å². The number of nitrogens with one attached hydrogen (secondary N) is 1. The van der Waals surface area contributed by atoms with Crippen molar-refractivity contribution in [2.75, 3.05) is 40.1 Å². The van der Waals surface area contributed by atoms with E-state index in [1.54, 1.807) is 7.11 Å². The highest BCUT2D eigenvalue weighted by Crippen LogP contribution is 2.43. The molecule has 2 aliphatic heterocycles. The minimum Gasteiger partial charge on any atom is -0.493 e. The van der Waals surface area contributed by atoms with Gasteiger partial charge in [0.15, 0.2) is 11.5 Å². The topological polar surface area (TPSA) is 43.0 Å². The second kappa shape index (κ2) is 5.27. The fourth-order valence-electron chi connectivity index (χ4n) is 2.67. The highest BCUT2D eigenvalue weighted by molar-refractivity contribution is 5.55. The van der Waals surface area contributed by atoms with Gasteiger partial charge in [-0.25, -0.2) is 0 Å². The summed E-state index contributed by atoms with van der Waals surface area (Å²) in [6, 6.07) is 4.48. The molecule has 5 heteroatoms. The van der Waals surface area contributed by atoms with E-state index >= 15 is 0 Å². The van der Waals surface area contributed by atoms with Crippen LogP contribution in [0.2, 0.25) is 0 Å². The van der Waals surface area contributed by atoms with Crippen LogP contribution in [0.25, 0.3) is 0 Å². The molecule has 104 valence electrons. The number of nitrogens with zero attached hydrogens (tertiary/aromatic N) is 1. The van der Waals surface area contributed by atoms with Gasteiger partial charge in [0.2, 0.25) is 12.5 Å². The number of rotatable bonds is 3. The minimum atomic E-state index is 0.275. The van der Waals surface area contributed by atoms with Crippen molar-refractivity contribution >= 4 is 0 Å². The average molecular weight is 264 g/mol. The van der Waals surface area contributed by atoms with E-state index in [0.29, 0.717) is 6.04 Å². The van der Waals surface area contributed by atoms with Gasteiger partial charge in [-0.3, -0.25) is 4.90 Å². The fraction of sp³-hybridized carbons (Fsp3) is 0.571. The summed E-state index contributed by atoms with van der Waals surface area (Å²) in [7, 11) is 1.66. The third kappa shape index (κ3) is 2.35. The first-order valence-corrected chi connectivity index (χ1v) is 6.72. The van der Waals surface area contributed by atoms with Gasteiger partial charge in [0.25, 0.3) is 0 Å². The minimum absolute atomic E-state index is 0.275. The molecule has 1 saturated heterocycles. The van der Waals surface area contributed by atoms with Crippen LogP contribution < -0.4 is 19.5 Å². The van der Waals surface area contributed by atoms with Crippen LogP contribution >= 0.6 is 0 Å². The Kier molecular flexibility index (Phi) is 3.48. The standard InChI is InChI=1S/C14H20N2O3/c1-10(16-5-3-15-4-6-16)11-7-12(17-2)14-13(8-11)18-9-19-14/h7-8,10,15H,3-6,9H2,1-2H3/t10-/m0/s1. The summed E-state index contributed by atoms with van der Waals surface area (Å²) < 4.78 is 16.3. The Balaban J connectivity index is 1.87. The molecule has 0 amide bonds. The predicted octanol–water partition coefficient (Wildman–Crippen LogP) is 1.39. The summed E-state index contributed by atoms with van der Waals surface area (Å²) in [5.41, 5.74) is 1.21. The van der Waals surface area contributed by atoms with Crippen LogP contribution in [0.3, 0.4) is 0 Å². The molecule has 1 aromatic rings. The van der Waals surface area contributed by atoms with E-state index in [9.17, 15) is 0 Å². The third-order valence-corrected chi connectivity index (χ3v) is 3.86. The molecule has 0 aliphatic carbocycles. The van der Waals surface area contributed by atoms with Gasteiger partial charge in [0.1, 0.15) is 0 Å². The molecule has 0 aromatic heterocycles. The Bertz CT molecular complexity index is 458. The Morgan fingerprint density at radius 2 is 2.05 bits per heavy atom. The van der Waals surface area contributed by atoms with E-state index in [2.05, 4.69) is 29.3 Å². The summed E-state index contributed by atoms with van der Waals surface area (Å²) >= 11 is 0. The fourth-order valence-corrected chi connectivity index (χ4v) is 2.67. The Morgan fingerprint density at radius 3 is 2.79 bits per heavy atom. The zero-order valence-electron chi connectivity index (χ0n) is 11.4. The van der Waals surface area contributed by atoms with Crippen LogP contribution in [0.5, 0.6) is 17.2 Å². The third-order valence-electron chi connectivity index (χ3n) is 3.86. The smallest absolute Gasteiger partial charge is 0.231 e. The molecule has 0 bridgehead atoms. The van der Waals surface area contributed by atoms with Crippen molar-refractivity contribution in [3.8, 4) is 17.2 Å². The predicted molar refractivity (Wildman–Crippen MR) is 72.0 cm³/mol. The Labute approximate surface area is 113 Å². The second-order valence-corrected chi connectivity index (χ2v) is 4.92. The number of benzene rings is 1. The van der Waals surface area contributed by atoms with Crippen molar-refractivity contribution in [1.82, 2.24) is 10.2 Å². The Hall–Kier alpha value is -1.46. The summed E-state index contributed by atoms with van der Waals surface area (Å²) in [5.74, 6) is 2.27. The monoisotopic (exact) mass is 264 g/mol.